The molecule has 1 heterocycles. The summed E-state index contributed by atoms with van der Waals surface area (Å²) in [5, 5.41) is 8.11. The second-order valence-corrected chi connectivity index (χ2v) is 7.73. The van der Waals surface area contributed by atoms with E-state index in [0.717, 1.165) is 5.69 Å². The maximum Gasteiger partial charge on any atom is 0.176 e. The first-order chi connectivity index (χ1) is 11.3. The quantitative estimate of drug-likeness (QED) is 0.743. The van der Waals surface area contributed by atoms with Gasteiger partial charge in [0, 0.05) is 17.0 Å². The molecule has 1 aromatic heterocycles. The predicted molar refractivity (Wildman–Crippen MR) is 95.8 cm³/mol. The van der Waals surface area contributed by atoms with Gasteiger partial charge in [-0.3, -0.25) is 0 Å². The number of aromatic nitrogens is 2. The first kappa shape index (κ1) is 16.4. The van der Waals surface area contributed by atoms with Crippen LogP contribution in [0.1, 0.15) is 0 Å². The third kappa shape index (κ3) is 3.52. The van der Waals surface area contributed by atoms with E-state index >= 15 is 0 Å². The molecule has 0 radical (unpaired) electrons. The fourth-order valence-corrected chi connectivity index (χ4v) is 2.89. The van der Waals surface area contributed by atoms with E-state index in [0.29, 0.717) is 22.2 Å². The van der Waals surface area contributed by atoms with Crippen molar-refractivity contribution in [3.8, 4) is 5.69 Å². The minimum Gasteiger partial charge on any atom is -0.394 e. The van der Waals surface area contributed by atoms with Crippen LogP contribution >= 0.6 is 11.6 Å². The maximum absolute atomic E-state index is 11.5. The van der Waals surface area contributed by atoms with Crippen molar-refractivity contribution in [2.45, 2.75) is 4.90 Å². The van der Waals surface area contributed by atoms with Crippen molar-refractivity contribution < 1.29 is 8.42 Å². The number of sulfone groups is 1. The Morgan fingerprint density at radius 1 is 1.08 bits per heavy atom. The van der Waals surface area contributed by atoms with Crippen molar-refractivity contribution in [2.24, 2.45) is 0 Å². The highest BCUT2D eigenvalue weighted by Gasteiger charge is 2.10. The summed E-state index contributed by atoms with van der Waals surface area (Å²) >= 11 is 5.88. The van der Waals surface area contributed by atoms with Crippen molar-refractivity contribution in [1.29, 1.82) is 0 Å². The lowest BCUT2D eigenvalue weighted by atomic mass is 10.3. The molecule has 3 N–H and O–H groups in total. The van der Waals surface area contributed by atoms with E-state index in [-0.39, 0.29) is 4.90 Å². The Kier molecular flexibility index (Phi) is 4.21. The van der Waals surface area contributed by atoms with Crippen molar-refractivity contribution in [2.75, 3.05) is 17.3 Å². The van der Waals surface area contributed by atoms with Gasteiger partial charge in [0.1, 0.15) is 0 Å². The number of halogens is 1. The zero-order valence-corrected chi connectivity index (χ0v) is 14.3. The van der Waals surface area contributed by atoms with Gasteiger partial charge in [-0.2, -0.15) is 0 Å². The maximum atomic E-state index is 11.5. The summed E-state index contributed by atoms with van der Waals surface area (Å²) in [5.74, 6) is 0.483. The summed E-state index contributed by atoms with van der Waals surface area (Å²) in [4.78, 5) is 0.257. The highest BCUT2D eigenvalue weighted by atomic mass is 35.5. The minimum atomic E-state index is -3.22. The van der Waals surface area contributed by atoms with E-state index in [1.54, 1.807) is 35.1 Å². The van der Waals surface area contributed by atoms with Crippen molar-refractivity contribution >= 4 is 38.6 Å². The third-order valence-electron chi connectivity index (χ3n) is 3.38. The van der Waals surface area contributed by atoms with E-state index in [9.17, 15) is 8.42 Å². The van der Waals surface area contributed by atoms with Gasteiger partial charge in [-0.1, -0.05) is 11.6 Å². The highest BCUT2D eigenvalue weighted by molar-refractivity contribution is 7.90. The number of nitrogens with two attached hydrogens (primary N) is 1. The summed E-state index contributed by atoms with van der Waals surface area (Å²) in [6.07, 6.45) is 2.86. The van der Waals surface area contributed by atoms with Crippen LogP contribution in [-0.4, -0.2) is 24.5 Å². The molecule has 0 aliphatic rings. The van der Waals surface area contributed by atoms with Crippen LogP contribution in [0.25, 0.3) is 5.69 Å². The van der Waals surface area contributed by atoms with Crippen LogP contribution in [0.3, 0.4) is 0 Å². The Labute approximate surface area is 144 Å². The molecule has 0 unspecified atom stereocenters. The second-order valence-electron chi connectivity index (χ2n) is 5.28. The molecule has 24 heavy (non-hydrogen) atoms. The van der Waals surface area contributed by atoms with Gasteiger partial charge in [-0.25, -0.2) is 13.1 Å². The Bertz CT molecular complexity index is 964. The molecule has 3 aromatic rings. The predicted octanol–water partition coefficient (Wildman–Crippen LogP) is 3.26. The lowest BCUT2D eigenvalue weighted by Crippen LogP contribution is -1.99. The Hall–Kier alpha value is -2.51. The molecule has 0 bridgehead atoms. The molecule has 0 saturated carbocycles. The monoisotopic (exact) mass is 362 g/mol. The van der Waals surface area contributed by atoms with Crippen LogP contribution in [0, 0.1) is 0 Å². The number of anilines is 3. The molecule has 0 fully saturated rings. The number of hydrogen-bond donors (Lipinski definition) is 2. The van der Waals surface area contributed by atoms with Crippen LogP contribution in [0.2, 0.25) is 5.02 Å². The summed E-state index contributed by atoms with van der Waals surface area (Å²) < 4.78 is 24.6. The molecule has 0 amide bonds. The zero-order chi connectivity index (χ0) is 17.3. The fraction of sp³-hybridized carbons (Fsp3) is 0.0625. The van der Waals surface area contributed by atoms with Crippen LogP contribution in [0.4, 0.5) is 17.2 Å². The molecule has 6 nitrogen and oxygen atoms in total. The van der Waals surface area contributed by atoms with E-state index in [4.69, 9.17) is 17.3 Å². The third-order valence-corrected chi connectivity index (χ3v) is 4.76. The number of nitrogen functional groups attached to an aromatic ring is 1. The minimum absolute atomic E-state index is 0.257. The van der Waals surface area contributed by atoms with E-state index in [1.807, 2.05) is 12.1 Å². The van der Waals surface area contributed by atoms with Gasteiger partial charge >= 0.3 is 0 Å². The number of rotatable bonds is 4. The molecule has 2 aromatic carbocycles. The average Bonchev–Trinajstić information content (AvgIpc) is 2.89. The lowest BCUT2D eigenvalue weighted by molar-refractivity contribution is 0.602. The molecule has 124 valence electrons. The normalized spacial score (nSPS) is 11.4. The Morgan fingerprint density at radius 2 is 1.71 bits per heavy atom. The van der Waals surface area contributed by atoms with Crippen LogP contribution in [0.15, 0.2) is 59.6 Å². The molecule has 0 atom stereocenters. The molecule has 0 saturated heterocycles. The molecular formula is C16H15ClN4O2S. The van der Waals surface area contributed by atoms with Crippen molar-refractivity contribution in [3.05, 3.63) is 59.8 Å². The summed E-state index contributed by atoms with van der Waals surface area (Å²) in [7, 11) is -3.22. The topological polar surface area (TPSA) is 90.0 Å². The van der Waals surface area contributed by atoms with Crippen LogP contribution in [0.5, 0.6) is 0 Å². The van der Waals surface area contributed by atoms with Gasteiger partial charge in [-0.15, -0.1) is 5.10 Å². The largest absolute Gasteiger partial charge is 0.394 e. The highest BCUT2D eigenvalue weighted by Crippen LogP contribution is 2.24. The van der Waals surface area contributed by atoms with Gasteiger partial charge in [0.2, 0.25) is 0 Å². The summed E-state index contributed by atoms with van der Waals surface area (Å²) in [5.41, 5.74) is 7.97. The van der Waals surface area contributed by atoms with Crippen molar-refractivity contribution in [1.82, 2.24) is 9.78 Å². The average molecular weight is 363 g/mol. The fourth-order valence-electron chi connectivity index (χ4n) is 2.13. The summed E-state index contributed by atoms with van der Waals surface area (Å²) in [6, 6.07) is 13.6. The van der Waals surface area contributed by atoms with Gasteiger partial charge < -0.3 is 11.1 Å². The number of nitrogens with one attached hydrogen (secondary N) is 1. The number of benzene rings is 2. The Morgan fingerprint density at radius 3 is 2.29 bits per heavy atom. The molecule has 3 rings (SSSR count). The van der Waals surface area contributed by atoms with Crippen LogP contribution in [-0.2, 0) is 9.84 Å². The molecular weight excluding hydrogens is 348 g/mol. The summed E-state index contributed by atoms with van der Waals surface area (Å²) in [6.45, 7) is 0. The van der Waals surface area contributed by atoms with Gasteiger partial charge in [0.15, 0.2) is 15.7 Å². The smallest absolute Gasteiger partial charge is 0.176 e. The van der Waals surface area contributed by atoms with Gasteiger partial charge in [0.25, 0.3) is 0 Å². The zero-order valence-electron chi connectivity index (χ0n) is 12.8. The standard InChI is InChI=1S/C16H15ClN4O2S/c1-24(22,23)14-8-4-12(5-9-14)19-16-15(18)10-21(20-16)13-6-2-11(17)3-7-13/h2-10H,18H2,1H3,(H,19,20). The number of nitrogens with zero attached hydrogens (tertiary/aromatic N) is 2. The van der Waals surface area contributed by atoms with Gasteiger partial charge in [-0.05, 0) is 48.5 Å². The Balaban J connectivity index is 1.84. The SMILES string of the molecule is CS(=O)(=O)c1ccc(Nc2nn(-c3ccc(Cl)cc3)cc2N)cc1. The first-order valence-electron chi connectivity index (χ1n) is 7.01. The molecule has 0 aliphatic carbocycles. The van der Waals surface area contributed by atoms with Crippen molar-refractivity contribution in [3.63, 3.8) is 0 Å². The second kappa shape index (κ2) is 6.18. The van der Waals surface area contributed by atoms with Crippen LogP contribution < -0.4 is 11.1 Å². The van der Waals surface area contributed by atoms with E-state index < -0.39 is 9.84 Å². The molecule has 0 spiro atoms. The number of hydrogen-bond acceptors (Lipinski definition) is 5. The van der Waals surface area contributed by atoms with E-state index in [2.05, 4.69) is 10.4 Å². The van der Waals surface area contributed by atoms with Gasteiger partial charge in [0.05, 0.1) is 22.5 Å². The molecule has 8 heteroatoms. The molecule has 0 aliphatic heterocycles. The van der Waals surface area contributed by atoms with E-state index in [1.165, 1.54) is 18.4 Å². The first-order valence-corrected chi connectivity index (χ1v) is 9.28. The lowest BCUT2D eigenvalue weighted by Gasteiger charge is -2.05.